The van der Waals surface area contributed by atoms with Crippen molar-refractivity contribution >= 4 is 17.6 Å². The van der Waals surface area contributed by atoms with Crippen LogP contribution in [0.25, 0.3) is 0 Å². The topological polar surface area (TPSA) is 70.7 Å². The largest absolute Gasteiger partial charge is 0.573 e. The summed E-state index contributed by atoms with van der Waals surface area (Å²) >= 11 is 0. The van der Waals surface area contributed by atoms with Crippen LogP contribution in [-0.4, -0.2) is 48.3 Å². The molecule has 1 aliphatic rings. The summed E-state index contributed by atoms with van der Waals surface area (Å²) in [5.41, 5.74) is 0.101. The Morgan fingerprint density at radius 2 is 1.89 bits per heavy atom. The predicted molar refractivity (Wildman–Crippen MR) is 85.5 cm³/mol. The molecule has 11 heteroatoms. The lowest BCUT2D eigenvalue weighted by Gasteiger charge is -2.38. The molecule has 1 saturated heterocycles. The van der Waals surface area contributed by atoms with E-state index in [1.54, 1.807) is 6.92 Å². The number of nitrogens with zero attached hydrogens (tertiary/aromatic N) is 1. The van der Waals surface area contributed by atoms with Gasteiger partial charge in [-0.1, -0.05) is 6.92 Å². The Morgan fingerprint density at radius 3 is 2.41 bits per heavy atom. The number of nitrogens with one attached hydrogen (secondary N) is 2. The van der Waals surface area contributed by atoms with Gasteiger partial charge in [-0.3, -0.25) is 4.79 Å². The summed E-state index contributed by atoms with van der Waals surface area (Å²) < 4.78 is 68.3. The Bertz CT molecular complexity index is 679. The summed E-state index contributed by atoms with van der Waals surface area (Å²) in [7, 11) is 0. The Labute approximate surface area is 151 Å². The molecule has 1 heterocycles. The summed E-state index contributed by atoms with van der Waals surface area (Å²) in [6.07, 6.45) is -4.85. The van der Waals surface area contributed by atoms with Crippen molar-refractivity contribution in [3.63, 3.8) is 0 Å². The molecule has 1 aliphatic heterocycles. The number of anilines is 1. The third kappa shape index (κ3) is 5.97. The van der Waals surface area contributed by atoms with Crippen molar-refractivity contribution in [2.75, 3.05) is 18.4 Å². The van der Waals surface area contributed by atoms with Gasteiger partial charge in [0, 0.05) is 18.7 Å². The molecule has 2 rings (SSSR count). The van der Waals surface area contributed by atoms with E-state index in [2.05, 4.69) is 15.4 Å². The van der Waals surface area contributed by atoms with Gasteiger partial charge in [-0.05, 0) is 30.7 Å². The number of piperidine rings is 1. The van der Waals surface area contributed by atoms with Crippen LogP contribution in [0, 0.1) is 0 Å². The van der Waals surface area contributed by atoms with Crippen molar-refractivity contribution in [3.8, 4) is 5.75 Å². The fourth-order valence-corrected chi connectivity index (χ4v) is 2.62. The van der Waals surface area contributed by atoms with E-state index < -0.39 is 42.6 Å². The maximum atomic E-state index is 14.2. The molecule has 1 aromatic rings. The summed E-state index contributed by atoms with van der Waals surface area (Å²) in [5, 5.41) is 4.40. The number of benzene rings is 1. The average molecular weight is 395 g/mol. The number of urea groups is 1. The van der Waals surface area contributed by atoms with Gasteiger partial charge >= 0.3 is 12.4 Å². The zero-order chi connectivity index (χ0) is 20.2. The van der Waals surface area contributed by atoms with Gasteiger partial charge in [0.1, 0.15) is 5.75 Å². The summed E-state index contributed by atoms with van der Waals surface area (Å²) in [6, 6.07) is 1.84. The lowest BCUT2D eigenvalue weighted by molar-refractivity contribution is -0.274. The molecule has 0 saturated carbocycles. The van der Waals surface area contributed by atoms with Gasteiger partial charge in [-0.2, -0.15) is 0 Å². The van der Waals surface area contributed by atoms with Gasteiger partial charge in [0.05, 0.1) is 12.6 Å². The summed E-state index contributed by atoms with van der Waals surface area (Å²) in [4.78, 5) is 24.5. The molecular formula is C16H18F5N3O3. The third-order valence-electron chi connectivity index (χ3n) is 3.91. The number of alkyl halides is 5. The van der Waals surface area contributed by atoms with Crippen molar-refractivity contribution in [1.82, 2.24) is 10.2 Å². The van der Waals surface area contributed by atoms with E-state index in [1.165, 1.54) is 0 Å². The van der Waals surface area contributed by atoms with Crippen LogP contribution in [0.1, 0.15) is 19.8 Å². The van der Waals surface area contributed by atoms with Crippen LogP contribution in [0.4, 0.5) is 32.4 Å². The molecule has 1 fully saturated rings. The Hall–Kier alpha value is -2.59. The number of carbonyl (C=O) groups excluding carboxylic acids is 2. The molecule has 1 aromatic carbocycles. The zero-order valence-electron chi connectivity index (χ0n) is 14.3. The van der Waals surface area contributed by atoms with Crippen LogP contribution in [-0.2, 0) is 4.79 Å². The number of hydrogen-bond acceptors (Lipinski definition) is 3. The molecule has 0 aromatic heterocycles. The minimum Gasteiger partial charge on any atom is -0.406 e. The molecular weight excluding hydrogens is 377 g/mol. The average Bonchev–Trinajstić information content (AvgIpc) is 2.56. The Kier molecular flexibility index (Phi) is 6.11. The molecule has 2 N–H and O–H groups in total. The van der Waals surface area contributed by atoms with Crippen LogP contribution < -0.4 is 15.4 Å². The number of rotatable bonds is 4. The van der Waals surface area contributed by atoms with Crippen LogP contribution in [0.2, 0.25) is 0 Å². The highest BCUT2D eigenvalue weighted by molar-refractivity contribution is 5.89. The fourth-order valence-electron chi connectivity index (χ4n) is 2.62. The van der Waals surface area contributed by atoms with Crippen molar-refractivity contribution in [2.24, 2.45) is 0 Å². The molecule has 27 heavy (non-hydrogen) atoms. The van der Waals surface area contributed by atoms with Crippen LogP contribution in [0.15, 0.2) is 24.3 Å². The highest BCUT2D eigenvalue weighted by atomic mass is 19.4. The Morgan fingerprint density at radius 1 is 1.26 bits per heavy atom. The van der Waals surface area contributed by atoms with E-state index in [-0.39, 0.29) is 25.1 Å². The molecule has 150 valence electrons. The van der Waals surface area contributed by atoms with E-state index in [9.17, 15) is 31.5 Å². The van der Waals surface area contributed by atoms with Crippen molar-refractivity contribution in [2.45, 2.75) is 38.1 Å². The van der Waals surface area contributed by atoms with Gasteiger partial charge in [0.25, 0.3) is 5.92 Å². The Balaban J connectivity index is 1.91. The number of likely N-dealkylation sites (tertiary alicyclic amines) is 1. The van der Waals surface area contributed by atoms with Crippen molar-refractivity contribution < 1.29 is 36.3 Å². The van der Waals surface area contributed by atoms with E-state index in [1.807, 2.05) is 0 Å². The van der Waals surface area contributed by atoms with Gasteiger partial charge in [0.15, 0.2) is 0 Å². The highest BCUT2D eigenvalue weighted by Gasteiger charge is 2.46. The minimum absolute atomic E-state index is 0.0939. The molecule has 0 radical (unpaired) electrons. The first-order valence-corrected chi connectivity index (χ1v) is 8.09. The quantitative estimate of drug-likeness (QED) is 0.769. The van der Waals surface area contributed by atoms with Crippen molar-refractivity contribution in [3.05, 3.63) is 24.3 Å². The minimum atomic E-state index is -4.84. The number of ether oxygens (including phenoxy) is 1. The molecule has 0 aliphatic carbocycles. The molecule has 6 nitrogen and oxygen atoms in total. The van der Waals surface area contributed by atoms with Gasteiger partial charge < -0.3 is 20.3 Å². The second-order valence-corrected chi connectivity index (χ2v) is 5.94. The summed E-state index contributed by atoms with van der Waals surface area (Å²) in [6.45, 7) is 0.883. The second kappa shape index (κ2) is 7.97. The van der Waals surface area contributed by atoms with Crippen molar-refractivity contribution in [1.29, 1.82) is 0 Å². The first-order valence-electron chi connectivity index (χ1n) is 8.09. The normalized spacial score (nSPS) is 19.3. The van der Waals surface area contributed by atoms with Crippen LogP contribution in [0.3, 0.4) is 0 Å². The number of hydrogen-bond donors (Lipinski definition) is 2. The highest BCUT2D eigenvalue weighted by Crippen LogP contribution is 2.28. The van der Waals surface area contributed by atoms with Crippen LogP contribution >= 0.6 is 0 Å². The van der Waals surface area contributed by atoms with Gasteiger partial charge in [-0.15, -0.1) is 13.2 Å². The maximum Gasteiger partial charge on any atom is 0.573 e. The van der Waals surface area contributed by atoms with E-state index in [0.29, 0.717) is 0 Å². The SMILES string of the molecule is CCC(=O)N1CCC(NC(=O)Nc2ccc(OC(F)(F)F)cc2)C(F)(F)C1. The lowest BCUT2D eigenvalue weighted by Crippen LogP contribution is -2.59. The maximum absolute atomic E-state index is 14.2. The lowest BCUT2D eigenvalue weighted by atomic mass is 10.0. The van der Waals surface area contributed by atoms with Gasteiger partial charge in [0.2, 0.25) is 5.91 Å². The second-order valence-electron chi connectivity index (χ2n) is 5.94. The molecule has 1 unspecified atom stereocenters. The van der Waals surface area contributed by atoms with Gasteiger partial charge in [-0.25, -0.2) is 13.6 Å². The smallest absolute Gasteiger partial charge is 0.406 e. The first kappa shape index (κ1) is 20.7. The monoisotopic (exact) mass is 395 g/mol. The number of carbonyl (C=O) groups is 2. The zero-order valence-corrected chi connectivity index (χ0v) is 14.3. The third-order valence-corrected chi connectivity index (χ3v) is 3.91. The first-order chi connectivity index (χ1) is 12.5. The molecule has 3 amide bonds. The van der Waals surface area contributed by atoms with E-state index in [4.69, 9.17) is 0 Å². The van der Waals surface area contributed by atoms with Crippen LogP contribution in [0.5, 0.6) is 5.75 Å². The summed E-state index contributed by atoms with van der Waals surface area (Å²) in [5.74, 6) is -4.17. The standard InChI is InChI=1S/C16H18F5N3O3/c1-2-13(25)24-8-7-12(15(17,18)9-24)23-14(26)22-10-3-5-11(6-4-10)27-16(19,20)21/h3-6,12H,2,7-9H2,1H3,(H2,22,23,26). The van der Waals surface area contributed by atoms with E-state index >= 15 is 0 Å². The molecule has 1 atom stereocenters. The number of halogens is 5. The number of amides is 3. The molecule has 0 spiro atoms. The predicted octanol–water partition coefficient (Wildman–Crippen LogP) is 3.35. The molecule has 0 bridgehead atoms. The fraction of sp³-hybridized carbons (Fsp3) is 0.500. The van der Waals surface area contributed by atoms with E-state index in [0.717, 1.165) is 29.2 Å².